The van der Waals surface area contributed by atoms with Crippen LogP contribution in [0, 0.1) is 0 Å². The number of carbonyl (C=O) groups excluding carboxylic acids is 1. The van der Waals surface area contributed by atoms with E-state index in [9.17, 15) is 4.79 Å². The minimum atomic E-state index is 0.0410. The second kappa shape index (κ2) is 15.6. The van der Waals surface area contributed by atoms with E-state index in [0.717, 1.165) is 38.5 Å². The first-order valence-electron chi connectivity index (χ1n) is 9.96. The van der Waals surface area contributed by atoms with Gasteiger partial charge in [-0.25, -0.2) is 0 Å². The first-order valence-corrected chi connectivity index (χ1v) is 10.4. The highest BCUT2D eigenvalue weighted by Gasteiger charge is 2.00. The van der Waals surface area contributed by atoms with Crippen LogP contribution >= 0.6 is 12.2 Å². The molecule has 0 aromatic rings. The number of ketones is 1. The Morgan fingerprint density at radius 3 is 1.63 bits per heavy atom. The van der Waals surface area contributed by atoms with Crippen molar-refractivity contribution in [1.29, 1.82) is 0 Å². The third kappa shape index (κ3) is 17.7. The molecule has 0 aliphatic heterocycles. The van der Waals surface area contributed by atoms with Crippen LogP contribution in [0.15, 0.2) is 46.6 Å². The molecule has 0 spiro atoms. The molecular weight excluding hydrogens is 352 g/mol. The summed E-state index contributed by atoms with van der Waals surface area (Å²) in [6, 6.07) is 0. The minimum Gasteiger partial charge on any atom is -0.483 e. The maximum atomic E-state index is 10.9. The molecule has 2 nitrogen and oxygen atoms in total. The van der Waals surface area contributed by atoms with Crippen LogP contribution in [-0.2, 0) is 9.53 Å². The Labute approximate surface area is 172 Å². The van der Waals surface area contributed by atoms with Gasteiger partial charge in [-0.05, 0) is 98.4 Å². The van der Waals surface area contributed by atoms with E-state index in [2.05, 4.69) is 52.8 Å². The molecule has 0 aromatic carbocycles. The molecule has 0 unspecified atom stereocenters. The second-order valence-corrected chi connectivity index (χ2v) is 8.07. The summed E-state index contributed by atoms with van der Waals surface area (Å²) in [5, 5.41) is 0.381. The Morgan fingerprint density at radius 2 is 1.19 bits per heavy atom. The van der Waals surface area contributed by atoms with Gasteiger partial charge in [0.2, 0.25) is 0 Å². The van der Waals surface area contributed by atoms with Crippen molar-refractivity contribution in [3.05, 3.63) is 46.6 Å². The summed E-state index contributed by atoms with van der Waals surface area (Å²) in [4.78, 5) is 10.9. The van der Waals surface area contributed by atoms with Gasteiger partial charge in [0, 0.05) is 0 Å². The zero-order chi connectivity index (χ0) is 20.7. The summed E-state index contributed by atoms with van der Waals surface area (Å²) >= 11 is 5.01. The summed E-state index contributed by atoms with van der Waals surface area (Å²) in [7, 11) is 0. The van der Waals surface area contributed by atoms with E-state index in [1.165, 1.54) is 29.2 Å². The summed E-state index contributed by atoms with van der Waals surface area (Å²) in [5.41, 5.74) is 5.63. The van der Waals surface area contributed by atoms with E-state index in [-0.39, 0.29) is 12.2 Å². The van der Waals surface area contributed by atoms with Crippen LogP contribution in [0.3, 0.4) is 0 Å². The number of ether oxygens (including phenoxy) is 1. The molecule has 0 rings (SSSR count). The lowest BCUT2D eigenvalue weighted by Gasteiger charge is -2.05. The van der Waals surface area contributed by atoms with Gasteiger partial charge in [0.05, 0.1) is 6.42 Å². The Hall–Kier alpha value is -1.48. The number of hydrogen-bond acceptors (Lipinski definition) is 3. The summed E-state index contributed by atoms with van der Waals surface area (Å²) < 4.78 is 5.38. The Bertz CT molecular complexity index is 588. The molecule has 0 N–H and O–H groups in total. The van der Waals surface area contributed by atoms with Gasteiger partial charge in [0.15, 0.2) is 5.05 Å². The van der Waals surface area contributed by atoms with Gasteiger partial charge in [-0.3, -0.25) is 4.79 Å². The van der Waals surface area contributed by atoms with Crippen molar-refractivity contribution in [2.24, 2.45) is 0 Å². The SMILES string of the molecule is CC(=O)CC(=S)OC/C=C(\C)CC/C=C(\C)CC/C=C(\C)CCC=C(C)C. The summed E-state index contributed by atoms with van der Waals surface area (Å²) in [6.45, 7) is 12.8. The van der Waals surface area contributed by atoms with Gasteiger partial charge in [0.1, 0.15) is 12.4 Å². The molecule has 0 heterocycles. The fourth-order valence-electron chi connectivity index (χ4n) is 2.52. The normalized spacial score (nSPS) is 12.7. The monoisotopic (exact) mass is 390 g/mol. The highest BCUT2D eigenvalue weighted by molar-refractivity contribution is 7.80. The first-order chi connectivity index (χ1) is 12.7. The lowest BCUT2D eigenvalue weighted by molar-refractivity contribution is -0.116. The molecule has 152 valence electrons. The smallest absolute Gasteiger partial charge is 0.167 e. The first kappa shape index (κ1) is 25.5. The van der Waals surface area contributed by atoms with Gasteiger partial charge >= 0.3 is 0 Å². The van der Waals surface area contributed by atoms with Crippen molar-refractivity contribution in [1.82, 2.24) is 0 Å². The average Bonchev–Trinajstić information content (AvgIpc) is 2.53. The lowest BCUT2D eigenvalue weighted by atomic mass is 10.0. The maximum Gasteiger partial charge on any atom is 0.167 e. The molecule has 0 saturated heterocycles. The van der Waals surface area contributed by atoms with Crippen LogP contribution < -0.4 is 0 Å². The number of thiocarbonyl (C=S) groups is 1. The largest absolute Gasteiger partial charge is 0.483 e. The van der Waals surface area contributed by atoms with E-state index in [1.807, 2.05) is 6.08 Å². The third-order valence-corrected chi connectivity index (χ3v) is 4.49. The van der Waals surface area contributed by atoms with Crippen LogP contribution in [0.2, 0.25) is 0 Å². The Kier molecular flexibility index (Phi) is 14.7. The molecule has 0 aliphatic carbocycles. The topological polar surface area (TPSA) is 26.3 Å². The molecule has 0 bridgehead atoms. The maximum absolute atomic E-state index is 10.9. The van der Waals surface area contributed by atoms with Crippen molar-refractivity contribution < 1.29 is 9.53 Å². The van der Waals surface area contributed by atoms with Crippen molar-refractivity contribution in [2.45, 2.75) is 86.5 Å². The van der Waals surface area contributed by atoms with Crippen LogP contribution in [0.4, 0.5) is 0 Å². The molecule has 0 aliphatic rings. The summed E-state index contributed by atoms with van der Waals surface area (Å²) in [5.74, 6) is 0.0410. The number of allylic oxidation sites excluding steroid dienone is 7. The quantitative estimate of drug-likeness (QED) is 0.241. The molecule has 0 aromatic heterocycles. The van der Waals surface area contributed by atoms with Crippen molar-refractivity contribution in [3.8, 4) is 0 Å². The highest BCUT2D eigenvalue weighted by Crippen LogP contribution is 2.13. The molecule has 0 radical (unpaired) electrons. The second-order valence-electron chi connectivity index (χ2n) is 7.61. The van der Waals surface area contributed by atoms with Crippen LogP contribution in [-0.4, -0.2) is 17.4 Å². The standard InChI is InChI=1S/C24H38O2S/c1-19(2)10-7-11-20(3)12-8-13-21(4)14-9-15-22(5)16-17-26-24(27)18-23(6)25/h10,12,14,16H,7-9,11,13,15,17-18H2,1-6H3/b20-12+,21-14+,22-16+. The lowest BCUT2D eigenvalue weighted by Crippen LogP contribution is -2.06. The van der Waals surface area contributed by atoms with Gasteiger partial charge in [-0.1, -0.05) is 40.5 Å². The van der Waals surface area contributed by atoms with E-state index in [4.69, 9.17) is 17.0 Å². The van der Waals surface area contributed by atoms with Crippen LogP contribution in [0.1, 0.15) is 86.5 Å². The molecule has 0 amide bonds. The summed E-state index contributed by atoms with van der Waals surface area (Å²) in [6.07, 6.45) is 15.9. The Balaban J connectivity index is 4.03. The Morgan fingerprint density at radius 1 is 0.741 bits per heavy atom. The number of Topliss-reactive ketones (excluding diaryl/α,β-unsaturated/α-hetero) is 1. The van der Waals surface area contributed by atoms with E-state index < -0.39 is 0 Å². The number of rotatable bonds is 13. The molecule has 0 fully saturated rings. The molecule has 0 atom stereocenters. The fraction of sp³-hybridized carbons (Fsp3) is 0.583. The molecular formula is C24H38O2S. The van der Waals surface area contributed by atoms with Crippen molar-refractivity contribution in [2.75, 3.05) is 6.61 Å². The number of hydrogen-bond donors (Lipinski definition) is 0. The molecule has 3 heteroatoms. The van der Waals surface area contributed by atoms with Gasteiger partial charge in [-0.15, -0.1) is 0 Å². The number of carbonyl (C=O) groups is 1. The molecule has 27 heavy (non-hydrogen) atoms. The van der Waals surface area contributed by atoms with Crippen LogP contribution in [0.25, 0.3) is 0 Å². The van der Waals surface area contributed by atoms with E-state index in [1.54, 1.807) is 0 Å². The predicted octanol–water partition coefficient (Wildman–Crippen LogP) is 7.46. The zero-order valence-corrected chi connectivity index (χ0v) is 19.0. The fourth-order valence-corrected chi connectivity index (χ4v) is 2.79. The van der Waals surface area contributed by atoms with Crippen LogP contribution in [0.5, 0.6) is 0 Å². The minimum absolute atomic E-state index is 0.0410. The van der Waals surface area contributed by atoms with Gasteiger partial charge in [-0.2, -0.15) is 0 Å². The molecule has 0 saturated carbocycles. The zero-order valence-electron chi connectivity index (χ0n) is 18.2. The highest BCUT2D eigenvalue weighted by atomic mass is 32.1. The predicted molar refractivity (Wildman–Crippen MR) is 122 cm³/mol. The third-order valence-electron chi connectivity index (χ3n) is 4.22. The van der Waals surface area contributed by atoms with E-state index in [0.29, 0.717) is 11.7 Å². The van der Waals surface area contributed by atoms with Gasteiger partial charge < -0.3 is 4.74 Å². The van der Waals surface area contributed by atoms with Crippen molar-refractivity contribution >= 4 is 23.1 Å². The van der Waals surface area contributed by atoms with Gasteiger partial charge in [0.25, 0.3) is 0 Å². The van der Waals surface area contributed by atoms with Crippen molar-refractivity contribution in [3.63, 3.8) is 0 Å². The average molecular weight is 391 g/mol. The van der Waals surface area contributed by atoms with E-state index >= 15 is 0 Å².